The van der Waals surface area contributed by atoms with Gasteiger partial charge < -0.3 is 15.6 Å². The van der Waals surface area contributed by atoms with Crippen LogP contribution in [0.2, 0.25) is 0 Å². The molecule has 0 fully saturated rings. The van der Waals surface area contributed by atoms with Crippen LogP contribution in [0.5, 0.6) is 0 Å². The van der Waals surface area contributed by atoms with Crippen LogP contribution in [0.1, 0.15) is 30.6 Å². The van der Waals surface area contributed by atoms with E-state index in [1.807, 2.05) is 13.8 Å². The monoisotopic (exact) mass is 251 g/mol. The van der Waals surface area contributed by atoms with E-state index in [4.69, 9.17) is 5.73 Å². The average molecular weight is 251 g/mol. The van der Waals surface area contributed by atoms with Crippen molar-refractivity contribution in [3.05, 3.63) is 34.2 Å². The molecule has 1 rings (SSSR count). The van der Waals surface area contributed by atoms with Gasteiger partial charge in [-0.1, -0.05) is 13.8 Å². The Bertz CT molecular complexity index is 454. The Kier molecular flexibility index (Phi) is 5.09. The minimum absolute atomic E-state index is 0.0642. The number of rotatable bonds is 5. The van der Waals surface area contributed by atoms with E-state index in [0.29, 0.717) is 12.5 Å². The van der Waals surface area contributed by atoms with Gasteiger partial charge in [0.15, 0.2) is 0 Å². The lowest BCUT2D eigenvalue weighted by Gasteiger charge is -2.21. The molecule has 3 N–H and O–H groups in total. The number of pyridine rings is 1. The quantitative estimate of drug-likeness (QED) is 0.813. The average Bonchev–Trinajstić information content (AvgIpc) is 2.35. The van der Waals surface area contributed by atoms with Gasteiger partial charge in [0.25, 0.3) is 11.5 Å². The van der Waals surface area contributed by atoms with Gasteiger partial charge in [-0.15, -0.1) is 0 Å². The van der Waals surface area contributed by atoms with E-state index >= 15 is 0 Å². The Balaban J connectivity index is 2.63. The van der Waals surface area contributed by atoms with E-state index in [-0.39, 0.29) is 23.1 Å². The van der Waals surface area contributed by atoms with Crippen molar-refractivity contribution in [3.63, 3.8) is 0 Å². The first-order valence-corrected chi connectivity index (χ1v) is 6.12. The fourth-order valence-electron chi connectivity index (χ4n) is 1.57. The lowest BCUT2D eigenvalue weighted by molar-refractivity contribution is 0.0787. The third kappa shape index (κ3) is 3.70. The summed E-state index contributed by atoms with van der Waals surface area (Å²) in [4.78, 5) is 27.5. The van der Waals surface area contributed by atoms with Crippen LogP contribution < -0.4 is 11.3 Å². The zero-order valence-electron chi connectivity index (χ0n) is 11.1. The Labute approximate surface area is 107 Å². The van der Waals surface area contributed by atoms with Gasteiger partial charge in [0.05, 0.1) is 0 Å². The molecule has 0 aliphatic heterocycles. The van der Waals surface area contributed by atoms with Gasteiger partial charge in [-0.3, -0.25) is 9.59 Å². The van der Waals surface area contributed by atoms with Crippen LogP contribution >= 0.6 is 0 Å². The standard InChI is InChI=1S/C13H21N3O2/c1-9(2)11(14)6-8-16(3)13(18)10-5-4-7-15-12(10)17/h4-5,7,9,11H,6,8,14H2,1-3H3,(H,15,17). The van der Waals surface area contributed by atoms with Crippen molar-refractivity contribution >= 4 is 5.91 Å². The number of nitrogens with zero attached hydrogens (tertiary/aromatic N) is 1. The normalized spacial score (nSPS) is 12.5. The van der Waals surface area contributed by atoms with Crippen LogP contribution in [0.4, 0.5) is 0 Å². The number of aromatic nitrogens is 1. The van der Waals surface area contributed by atoms with E-state index in [1.165, 1.54) is 17.2 Å². The topological polar surface area (TPSA) is 79.2 Å². The van der Waals surface area contributed by atoms with E-state index in [0.717, 1.165) is 6.42 Å². The first-order valence-electron chi connectivity index (χ1n) is 6.12. The molecule has 0 aromatic carbocycles. The van der Waals surface area contributed by atoms with Crippen LogP contribution in [0.15, 0.2) is 23.1 Å². The molecule has 0 radical (unpaired) electrons. The molecule has 0 saturated heterocycles. The van der Waals surface area contributed by atoms with Gasteiger partial charge in [-0.05, 0) is 24.5 Å². The highest BCUT2D eigenvalue weighted by Crippen LogP contribution is 2.05. The Morgan fingerprint density at radius 2 is 2.17 bits per heavy atom. The van der Waals surface area contributed by atoms with E-state index < -0.39 is 0 Å². The first kappa shape index (κ1) is 14.4. The molecule has 100 valence electrons. The second-order valence-corrected chi connectivity index (χ2v) is 4.84. The number of amides is 1. The van der Waals surface area contributed by atoms with Crippen LogP contribution in [-0.2, 0) is 0 Å². The van der Waals surface area contributed by atoms with Gasteiger partial charge >= 0.3 is 0 Å². The molecule has 18 heavy (non-hydrogen) atoms. The summed E-state index contributed by atoms with van der Waals surface area (Å²) in [6, 6.07) is 3.23. The van der Waals surface area contributed by atoms with Crippen molar-refractivity contribution < 1.29 is 4.79 Å². The van der Waals surface area contributed by atoms with Gasteiger partial charge in [-0.25, -0.2) is 0 Å². The number of carbonyl (C=O) groups is 1. The molecule has 1 atom stereocenters. The van der Waals surface area contributed by atoms with Crippen LogP contribution in [0.25, 0.3) is 0 Å². The minimum Gasteiger partial charge on any atom is -0.341 e. The summed E-state index contributed by atoms with van der Waals surface area (Å²) >= 11 is 0. The zero-order chi connectivity index (χ0) is 13.7. The number of carbonyl (C=O) groups excluding carboxylic acids is 1. The maximum atomic E-state index is 12.0. The molecule has 0 bridgehead atoms. The summed E-state index contributed by atoms with van der Waals surface area (Å²) < 4.78 is 0. The highest BCUT2D eigenvalue weighted by atomic mass is 16.2. The molecule has 1 heterocycles. The summed E-state index contributed by atoms with van der Waals surface area (Å²) in [5.41, 5.74) is 5.73. The van der Waals surface area contributed by atoms with E-state index in [9.17, 15) is 9.59 Å². The summed E-state index contributed by atoms with van der Waals surface area (Å²) in [5, 5.41) is 0. The summed E-state index contributed by atoms with van der Waals surface area (Å²) in [7, 11) is 1.68. The Hall–Kier alpha value is -1.62. The third-order valence-electron chi connectivity index (χ3n) is 3.05. The highest BCUT2D eigenvalue weighted by molar-refractivity contribution is 5.93. The second kappa shape index (κ2) is 6.35. The van der Waals surface area contributed by atoms with Crippen LogP contribution in [-0.4, -0.2) is 35.4 Å². The molecule has 5 nitrogen and oxygen atoms in total. The third-order valence-corrected chi connectivity index (χ3v) is 3.05. The fraction of sp³-hybridized carbons (Fsp3) is 0.538. The highest BCUT2D eigenvalue weighted by Gasteiger charge is 2.16. The number of H-pyrrole nitrogens is 1. The number of hydrogen-bond acceptors (Lipinski definition) is 3. The maximum Gasteiger partial charge on any atom is 0.260 e. The number of nitrogens with two attached hydrogens (primary N) is 1. The van der Waals surface area contributed by atoms with Gasteiger partial charge in [-0.2, -0.15) is 0 Å². The molecule has 5 heteroatoms. The smallest absolute Gasteiger partial charge is 0.260 e. The van der Waals surface area contributed by atoms with Crippen LogP contribution in [0.3, 0.4) is 0 Å². The Morgan fingerprint density at radius 3 is 2.72 bits per heavy atom. The molecule has 0 spiro atoms. The molecule has 0 aliphatic carbocycles. The molecule has 1 amide bonds. The van der Waals surface area contributed by atoms with Gasteiger partial charge in [0.1, 0.15) is 5.56 Å². The number of nitrogens with one attached hydrogen (secondary N) is 1. The predicted molar refractivity (Wildman–Crippen MR) is 71.5 cm³/mol. The molecule has 0 aliphatic rings. The zero-order valence-corrected chi connectivity index (χ0v) is 11.1. The van der Waals surface area contributed by atoms with E-state index in [1.54, 1.807) is 13.1 Å². The minimum atomic E-state index is -0.359. The molecular formula is C13H21N3O2. The van der Waals surface area contributed by atoms with Crippen molar-refractivity contribution in [1.82, 2.24) is 9.88 Å². The van der Waals surface area contributed by atoms with Crippen molar-refractivity contribution in [2.45, 2.75) is 26.3 Å². The van der Waals surface area contributed by atoms with Crippen molar-refractivity contribution in [2.24, 2.45) is 11.7 Å². The molecule has 0 saturated carbocycles. The van der Waals surface area contributed by atoms with Gasteiger partial charge in [0, 0.05) is 25.8 Å². The predicted octanol–water partition coefficient (Wildman–Crippen LogP) is 0.820. The largest absolute Gasteiger partial charge is 0.341 e. The van der Waals surface area contributed by atoms with Gasteiger partial charge in [0.2, 0.25) is 0 Å². The lowest BCUT2D eigenvalue weighted by atomic mass is 10.0. The van der Waals surface area contributed by atoms with Crippen molar-refractivity contribution in [1.29, 1.82) is 0 Å². The summed E-state index contributed by atoms with van der Waals surface area (Å²) in [5.74, 6) is 0.112. The first-order chi connectivity index (χ1) is 8.43. The van der Waals surface area contributed by atoms with Crippen LogP contribution in [0, 0.1) is 5.92 Å². The van der Waals surface area contributed by atoms with E-state index in [2.05, 4.69) is 4.98 Å². The number of hydrogen-bond donors (Lipinski definition) is 2. The lowest BCUT2D eigenvalue weighted by Crippen LogP contribution is -2.36. The van der Waals surface area contributed by atoms with Crippen molar-refractivity contribution in [3.8, 4) is 0 Å². The Morgan fingerprint density at radius 1 is 1.50 bits per heavy atom. The molecular weight excluding hydrogens is 230 g/mol. The maximum absolute atomic E-state index is 12.0. The fourth-order valence-corrected chi connectivity index (χ4v) is 1.57. The number of aromatic amines is 1. The molecule has 1 aromatic heterocycles. The van der Waals surface area contributed by atoms with Crippen molar-refractivity contribution in [2.75, 3.05) is 13.6 Å². The molecule has 1 aromatic rings. The SMILES string of the molecule is CC(C)C(N)CCN(C)C(=O)c1ccc[nH]c1=O. The summed E-state index contributed by atoms with van der Waals surface area (Å²) in [6.07, 6.45) is 2.23. The molecule has 1 unspecified atom stereocenters. The summed E-state index contributed by atoms with van der Waals surface area (Å²) in [6.45, 7) is 4.65. The second-order valence-electron chi connectivity index (χ2n) is 4.84.